The van der Waals surface area contributed by atoms with Gasteiger partial charge in [-0.2, -0.15) is 5.26 Å². The van der Waals surface area contributed by atoms with Crippen molar-refractivity contribution in [3.05, 3.63) is 17.7 Å². The van der Waals surface area contributed by atoms with Crippen LogP contribution in [0.3, 0.4) is 0 Å². The van der Waals surface area contributed by atoms with E-state index in [-0.39, 0.29) is 19.4 Å². The van der Waals surface area contributed by atoms with Gasteiger partial charge in [0, 0.05) is 6.54 Å². The minimum Gasteiger partial charge on any atom is -0.493 e. The molecule has 1 aromatic carbocycles. The van der Waals surface area contributed by atoms with Crippen LogP contribution in [0, 0.1) is 11.3 Å². The molecule has 1 N–H and O–H groups in total. The molecule has 130 valence electrons. The van der Waals surface area contributed by atoms with Gasteiger partial charge in [0.25, 0.3) is 5.91 Å². The SMILES string of the molecule is COc1cc(CC(=O)OCC(=O)NCCC#N)cc(OC)c1OC. The minimum absolute atomic E-state index is 0.0534. The van der Waals surface area contributed by atoms with Gasteiger partial charge in [-0.1, -0.05) is 0 Å². The summed E-state index contributed by atoms with van der Waals surface area (Å²) in [6.45, 7) is -0.172. The lowest BCUT2D eigenvalue weighted by molar-refractivity contribution is -0.147. The van der Waals surface area contributed by atoms with Crippen molar-refractivity contribution in [2.75, 3.05) is 34.5 Å². The molecule has 0 saturated heterocycles. The number of esters is 1. The highest BCUT2D eigenvalue weighted by Crippen LogP contribution is 2.38. The van der Waals surface area contributed by atoms with Gasteiger partial charge in [0.05, 0.1) is 40.2 Å². The van der Waals surface area contributed by atoms with Gasteiger partial charge in [0.1, 0.15) is 0 Å². The summed E-state index contributed by atoms with van der Waals surface area (Å²) in [6, 6.07) is 5.16. The Morgan fingerprint density at radius 3 is 2.25 bits per heavy atom. The smallest absolute Gasteiger partial charge is 0.310 e. The number of nitrogens with zero attached hydrogens (tertiary/aromatic N) is 1. The maximum Gasteiger partial charge on any atom is 0.310 e. The number of carbonyl (C=O) groups excluding carboxylic acids is 2. The Morgan fingerprint density at radius 2 is 1.75 bits per heavy atom. The summed E-state index contributed by atoms with van der Waals surface area (Å²) < 4.78 is 20.5. The molecule has 0 radical (unpaired) electrons. The van der Waals surface area contributed by atoms with E-state index in [1.165, 1.54) is 21.3 Å². The van der Waals surface area contributed by atoms with Crippen molar-refractivity contribution in [3.63, 3.8) is 0 Å². The lowest BCUT2D eigenvalue weighted by atomic mass is 10.1. The van der Waals surface area contributed by atoms with Crippen LogP contribution in [-0.2, 0) is 20.7 Å². The molecule has 8 heteroatoms. The zero-order valence-electron chi connectivity index (χ0n) is 13.9. The maximum atomic E-state index is 11.8. The molecule has 1 aromatic rings. The number of amides is 1. The van der Waals surface area contributed by atoms with Crippen LogP contribution in [0.1, 0.15) is 12.0 Å². The average molecular weight is 336 g/mol. The highest BCUT2D eigenvalue weighted by atomic mass is 16.5. The number of nitrogens with one attached hydrogen (secondary N) is 1. The topological polar surface area (TPSA) is 107 Å². The lowest BCUT2D eigenvalue weighted by Gasteiger charge is -2.14. The first-order valence-electron chi connectivity index (χ1n) is 7.13. The van der Waals surface area contributed by atoms with Crippen molar-refractivity contribution in [3.8, 4) is 23.3 Å². The van der Waals surface area contributed by atoms with Crippen molar-refractivity contribution in [1.29, 1.82) is 5.26 Å². The third-order valence-electron chi connectivity index (χ3n) is 3.00. The summed E-state index contributed by atoms with van der Waals surface area (Å²) in [4.78, 5) is 23.2. The van der Waals surface area contributed by atoms with E-state index >= 15 is 0 Å². The number of carbonyl (C=O) groups is 2. The molecule has 0 aromatic heterocycles. The van der Waals surface area contributed by atoms with Crippen LogP contribution in [0.4, 0.5) is 0 Å². The first-order valence-corrected chi connectivity index (χ1v) is 7.13. The molecular weight excluding hydrogens is 316 g/mol. The number of hydrogen-bond donors (Lipinski definition) is 1. The highest BCUT2D eigenvalue weighted by Gasteiger charge is 2.16. The summed E-state index contributed by atoms with van der Waals surface area (Å²) in [5.74, 6) is 0.250. The van der Waals surface area contributed by atoms with Crippen LogP contribution in [0.2, 0.25) is 0 Å². The van der Waals surface area contributed by atoms with E-state index in [2.05, 4.69) is 5.32 Å². The fraction of sp³-hybridized carbons (Fsp3) is 0.438. The summed E-state index contributed by atoms with van der Waals surface area (Å²) in [7, 11) is 4.44. The first-order chi connectivity index (χ1) is 11.5. The molecule has 0 atom stereocenters. The normalized spacial score (nSPS) is 9.58. The largest absolute Gasteiger partial charge is 0.493 e. The van der Waals surface area contributed by atoms with E-state index in [0.717, 1.165) is 0 Å². The van der Waals surface area contributed by atoms with E-state index < -0.39 is 18.5 Å². The van der Waals surface area contributed by atoms with Crippen LogP contribution in [0.25, 0.3) is 0 Å². The van der Waals surface area contributed by atoms with Gasteiger partial charge in [-0.3, -0.25) is 9.59 Å². The number of benzene rings is 1. The minimum atomic E-state index is -0.570. The number of nitriles is 1. The molecule has 0 aliphatic heterocycles. The second kappa shape index (κ2) is 9.94. The van der Waals surface area contributed by atoms with E-state index in [1.807, 2.05) is 6.07 Å². The molecular formula is C16H20N2O6. The van der Waals surface area contributed by atoms with Crippen LogP contribution in [-0.4, -0.2) is 46.4 Å². The quantitative estimate of drug-likeness (QED) is 0.525. The summed E-state index contributed by atoms with van der Waals surface area (Å²) in [5.41, 5.74) is 0.597. The van der Waals surface area contributed by atoms with Crippen molar-refractivity contribution < 1.29 is 28.5 Å². The Balaban J connectivity index is 2.64. The van der Waals surface area contributed by atoms with Gasteiger partial charge in [-0.05, 0) is 17.7 Å². The van der Waals surface area contributed by atoms with Crippen molar-refractivity contribution in [2.45, 2.75) is 12.8 Å². The Kier molecular flexibility index (Phi) is 7.91. The van der Waals surface area contributed by atoms with Gasteiger partial charge in [0.15, 0.2) is 18.1 Å². The number of methoxy groups -OCH3 is 3. The summed E-state index contributed by atoms with van der Waals surface area (Å²) in [6.07, 6.45) is 0.146. The first kappa shape index (κ1) is 19.1. The second-order valence-corrected chi connectivity index (χ2v) is 4.63. The van der Waals surface area contributed by atoms with Gasteiger partial charge in [-0.15, -0.1) is 0 Å². The predicted molar refractivity (Wildman–Crippen MR) is 84.0 cm³/mol. The lowest BCUT2D eigenvalue weighted by Crippen LogP contribution is -2.29. The summed E-state index contributed by atoms with van der Waals surface area (Å²) in [5, 5.41) is 10.8. The molecule has 0 fully saturated rings. The third kappa shape index (κ3) is 5.68. The predicted octanol–water partition coefficient (Wildman–Crippen LogP) is 0.828. The third-order valence-corrected chi connectivity index (χ3v) is 3.00. The van der Waals surface area contributed by atoms with E-state index in [4.69, 9.17) is 24.2 Å². The van der Waals surface area contributed by atoms with Crippen LogP contribution in [0.5, 0.6) is 17.2 Å². The molecule has 1 rings (SSSR count). The molecule has 8 nitrogen and oxygen atoms in total. The molecule has 0 unspecified atom stereocenters. The van der Waals surface area contributed by atoms with Gasteiger partial charge in [-0.25, -0.2) is 0 Å². The number of hydrogen-bond acceptors (Lipinski definition) is 7. The van der Waals surface area contributed by atoms with E-state index in [9.17, 15) is 9.59 Å². The fourth-order valence-electron chi connectivity index (χ4n) is 1.91. The standard InChI is InChI=1S/C16H20N2O6/c1-21-12-7-11(8-13(22-2)16(12)23-3)9-15(20)24-10-14(19)18-6-4-5-17/h7-8H,4,6,9-10H2,1-3H3,(H,18,19). The molecule has 0 bridgehead atoms. The Bertz CT molecular complexity index is 598. The number of rotatable bonds is 9. The highest BCUT2D eigenvalue weighted by molar-refractivity contribution is 5.81. The fourth-order valence-corrected chi connectivity index (χ4v) is 1.91. The zero-order valence-corrected chi connectivity index (χ0v) is 13.9. The van der Waals surface area contributed by atoms with E-state index in [0.29, 0.717) is 22.8 Å². The average Bonchev–Trinajstić information content (AvgIpc) is 2.59. The Hall–Kier alpha value is -2.95. The monoisotopic (exact) mass is 336 g/mol. The molecule has 0 saturated carbocycles. The Labute approximate surface area is 140 Å². The molecule has 24 heavy (non-hydrogen) atoms. The van der Waals surface area contributed by atoms with Crippen molar-refractivity contribution in [1.82, 2.24) is 5.32 Å². The van der Waals surface area contributed by atoms with Crippen LogP contribution in [0.15, 0.2) is 12.1 Å². The maximum absolute atomic E-state index is 11.8. The van der Waals surface area contributed by atoms with Crippen molar-refractivity contribution in [2.24, 2.45) is 0 Å². The zero-order chi connectivity index (χ0) is 17.9. The molecule has 0 heterocycles. The van der Waals surface area contributed by atoms with Crippen molar-refractivity contribution >= 4 is 11.9 Å². The Morgan fingerprint density at radius 1 is 1.12 bits per heavy atom. The summed E-state index contributed by atoms with van der Waals surface area (Å²) >= 11 is 0. The second-order valence-electron chi connectivity index (χ2n) is 4.63. The molecule has 0 aliphatic carbocycles. The van der Waals surface area contributed by atoms with Gasteiger partial charge >= 0.3 is 5.97 Å². The van der Waals surface area contributed by atoms with Crippen LogP contribution < -0.4 is 19.5 Å². The van der Waals surface area contributed by atoms with Gasteiger partial charge < -0.3 is 24.3 Å². The molecule has 1 amide bonds. The van der Waals surface area contributed by atoms with Gasteiger partial charge in [0.2, 0.25) is 5.75 Å². The molecule has 0 aliphatic rings. The van der Waals surface area contributed by atoms with E-state index in [1.54, 1.807) is 12.1 Å². The number of ether oxygens (including phenoxy) is 4. The van der Waals surface area contributed by atoms with Crippen LogP contribution >= 0.6 is 0 Å². The molecule has 0 spiro atoms.